The molecule has 1 aliphatic rings. The van der Waals surface area contributed by atoms with E-state index in [2.05, 4.69) is 6.07 Å². The smallest absolute Gasteiger partial charge is 0.403 e. The molecule has 3 rings (SSSR count). The summed E-state index contributed by atoms with van der Waals surface area (Å²) in [5, 5.41) is 0.675. The van der Waals surface area contributed by atoms with Gasteiger partial charge in [-0.1, -0.05) is 41.9 Å². The number of hydrogen-bond acceptors (Lipinski definition) is 2. The predicted octanol–water partition coefficient (Wildman–Crippen LogP) is 4.83. The van der Waals surface area contributed by atoms with Crippen molar-refractivity contribution >= 4 is 28.6 Å². The van der Waals surface area contributed by atoms with E-state index >= 15 is 0 Å². The summed E-state index contributed by atoms with van der Waals surface area (Å²) in [6, 6.07) is 13.9. The molecule has 0 aliphatic heterocycles. The highest BCUT2D eigenvalue weighted by Crippen LogP contribution is 2.45. The van der Waals surface area contributed by atoms with Crippen molar-refractivity contribution in [1.82, 2.24) is 0 Å². The van der Waals surface area contributed by atoms with Gasteiger partial charge in [-0.2, -0.15) is 0 Å². The number of ether oxygens (including phenoxy) is 1. The fourth-order valence-corrected chi connectivity index (χ4v) is 2.85. The number of carbonyl (C=O) groups is 1. The van der Waals surface area contributed by atoms with Gasteiger partial charge < -0.3 is 4.74 Å². The average molecular weight is 293 g/mol. The molecule has 1 aliphatic carbocycles. The average Bonchev–Trinajstić information content (AvgIpc) is 2.69. The van der Waals surface area contributed by atoms with Crippen LogP contribution < -0.4 is 0 Å². The van der Waals surface area contributed by atoms with E-state index in [0.717, 1.165) is 22.3 Å². The summed E-state index contributed by atoms with van der Waals surface area (Å²) >= 11 is 11.3. The largest absolute Gasteiger partial charge is 0.453 e. The van der Waals surface area contributed by atoms with Gasteiger partial charge in [0.25, 0.3) is 0 Å². The Morgan fingerprint density at radius 2 is 1.84 bits per heavy atom. The Morgan fingerprint density at radius 3 is 2.63 bits per heavy atom. The van der Waals surface area contributed by atoms with E-state index in [0.29, 0.717) is 5.02 Å². The molecular formula is C15H10Cl2O2. The van der Waals surface area contributed by atoms with Gasteiger partial charge >= 0.3 is 5.43 Å². The van der Waals surface area contributed by atoms with Crippen molar-refractivity contribution in [3.63, 3.8) is 0 Å². The Hall–Kier alpha value is -1.51. The molecular weight excluding hydrogens is 283 g/mol. The second-order valence-corrected chi connectivity index (χ2v) is 5.17. The molecule has 2 aromatic rings. The summed E-state index contributed by atoms with van der Waals surface area (Å²) in [5.74, 6) is -0.00685. The maximum absolute atomic E-state index is 10.8. The van der Waals surface area contributed by atoms with Gasteiger partial charge in [-0.05, 0) is 34.4 Å². The Labute approximate surface area is 120 Å². The first-order valence-electron chi connectivity index (χ1n) is 5.88. The van der Waals surface area contributed by atoms with Gasteiger partial charge in [-0.3, -0.25) is 0 Å². The molecule has 96 valence electrons. The number of halogens is 2. The molecule has 0 heterocycles. The van der Waals surface area contributed by atoms with Crippen molar-refractivity contribution in [2.75, 3.05) is 6.61 Å². The SMILES string of the molecule is O=C(Cl)OCC1c2ccccc2-c2ccc(Cl)cc21. The standard InChI is InChI=1S/C15H10Cl2O2/c16-9-5-6-12-10-3-1-2-4-11(10)14(13(12)7-9)8-19-15(17)18/h1-7,14H,8H2. The first-order chi connectivity index (χ1) is 9.16. The quantitative estimate of drug-likeness (QED) is 0.741. The number of rotatable bonds is 2. The zero-order valence-corrected chi connectivity index (χ0v) is 11.4. The Balaban J connectivity index is 2.09. The molecule has 4 heteroatoms. The summed E-state index contributed by atoms with van der Waals surface area (Å²) in [4.78, 5) is 10.8. The van der Waals surface area contributed by atoms with Crippen LogP contribution in [0, 0.1) is 0 Å². The van der Waals surface area contributed by atoms with E-state index in [9.17, 15) is 4.79 Å². The summed E-state index contributed by atoms with van der Waals surface area (Å²) in [7, 11) is 0. The molecule has 0 fully saturated rings. The molecule has 2 nitrogen and oxygen atoms in total. The lowest BCUT2D eigenvalue weighted by Crippen LogP contribution is -2.08. The van der Waals surface area contributed by atoms with Crippen LogP contribution in [0.2, 0.25) is 5.02 Å². The third-order valence-electron chi connectivity index (χ3n) is 3.38. The summed E-state index contributed by atoms with van der Waals surface area (Å²) < 4.78 is 4.96. The van der Waals surface area contributed by atoms with Crippen molar-refractivity contribution in [1.29, 1.82) is 0 Å². The highest BCUT2D eigenvalue weighted by Gasteiger charge is 2.29. The van der Waals surface area contributed by atoms with E-state index in [1.165, 1.54) is 0 Å². The number of carbonyl (C=O) groups excluding carboxylic acids is 1. The van der Waals surface area contributed by atoms with Crippen molar-refractivity contribution in [2.45, 2.75) is 5.92 Å². The van der Waals surface area contributed by atoms with E-state index < -0.39 is 5.43 Å². The third-order valence-corrected chi connectivity index (χ3v) is 3.72. The van der Waals surface area contributed by atoms with Crippen LogP contribution in [0.3, 0.4) is 0 Å². The zero-order chi connectivity index (χ0) is 13.4. The second kappa shape index (κ2) is 4.87. The van der Waals surface area contributed by atoms with Gasteiger partial charge in [0.05, 0.1) is 0 Å². The monoisotopic (exact) mass is 292 g/mol. The summed E-state index contributed by atoms with van der Waals surface area (Å²) in [6.07, 6.45) is 0. The first-order valence-corrected chi connectivity index (χ1v) is 6.63. The molecule has 19 heavy (non-hydrogen) atoms. The lowest BCUT2D eigenvalue weighted by atomic mass is 9.98. The van der Waals surface area contributed by atoms with Gasteiger partial charge in [0.2, 0.25) is 0 Å². The van der Waals surface area contributed by atoms with Crippen molar-refractivity contribution < 1.29 is 9.53 Å². The fourth-order valence-electron chi connectivity index (χ4n) is 2.61. The Bertz CT molecular complexity index is 652. The first kappa shape index (κ1) is 12.5. The fraction of sp³-hybridized carbons (Fsp3) is 0.133. The van der Waals surface area contributed by atoms with Crippen LogP contribution >= 0.6 is 23.2 Å². The number of hydrogen-bond donors (Lipinski definition) is 0. The van der Waals surface area contributed by atoms with Crippen molar-refractivity contribution in [3.05, 3.63) is 58.6 Å². The van der Waals surface area contributed by atoms with Crippen molar-refractivity contribution in [3.8, 4) is 11.1 Å². The van der Waals surface area contributed by atoms with Crippen LogP contribution in [0.5, 0.6) is 0 Å². The molecule has 0 saturated carbocycles. The van der Waals surface area contributed by atoms with E-state index in [4.69, 9.17) is 27.9 Å². The molecule has 0 bridgehead atoms. The summed E-state index contributed by atoms with van der Waals surface area (Å²) in [5.41, 5.74) is 3.72. The Morgan fingerprint density at radius 1 is 1.11 bits per heavy atom. The number of benzene rings is 2. The van der Waals surface area contributed by atoms with Gasteiger partial charge in [-0.15, -0.1) is 0 Å². The minimum atomic E-state index is -0.784. The molecule has 0 saturated heterocycles. The van der Waals surface area contributed by atoms with E-state index in [-0.39, 0.29) is 12.5 Å². The third kappa shape index (κ3) is 2.22. The maximum atomic E-state index is 10.8. The highest BCUT2D eigenvalue weighted by molar-refractivity contribution is 6.61. The predicted molar refractivity (Wildman–Crippen MR) is 75.9 cm³/mol. The minimum absolute atomic E-state index is 0.00685. The molecule has 0 aromatic heterocycles. The van der Waals surface area contributed by atoms with Crippen LogP contribution in [0.1, 0.15) is 17.0 Å². The van der Waals surface area contributed by atoms with Crippen LogP contribution in [-0.4, -0.2) is 12.0 Å². The van der Waals surface area contributed by atoms with Gasteiger partial charge in [0, 0.05) is 22.5 Å². The molecule has 0 radical (unpaired) electrons. The maximum Gasteiger partial charge on any atom is 0.403 e. The molecule has 1 unspecified atom stereocenters. The molecule has 0 spiro atoms. The van der Waals surface area contributed by atoms with Crippen LogP contribution in [0.4, 0.5) is 4.79 Å². The summed E-state index contributed by atoms with van der Waals surface area (Å²) in [6.45, 7) is 0.229. The van der Waals surface area contributed by atoms with Crippen molar-refractivity contribution in [2.24, 2.45) is 0 Å². The highest BCUT2D eigenvalue weighted by atomic mass is 35.5. The minimum Gasteiger partial charge on any atom is -0.453 e. The molecule has 0 amide bonds. The van der Waals surface area contributed by atoms with Gasteiger partial charge in [0.1, 0.15) is 6.61 Å². The number of fused-ring (bicyclic) bond motifs is 3. The van der Waals surface area contributed by atoms with E-state index in [1.807, 2.05) is 36.4 Å². The second-order valence-electron chi connectivity index (χ2n) is 4.42. The van der Waals surface area contributed by atoms with Crippen LogP contribution in [0.25, 0.3) is 11.1 Å². The van der Waals surface area contributed by atoms with Gasteiger partial charge in [0.15, 0.2) is 0 Å². The lowest BCUT2D eigenvalue weighted by Gasteiger charge is -2.12. The zero-order valence-electron chi connectivity index (χ0n) is 9.90. The topological polar surface area (TPSA) is 26.3 Å². The Kier molecular flexibility index (Phi) is 3.21. The normalized spacial score (nSPS) is 15.8. The lowest BCUT2D eigenvalue weighted by molar-refractivity contribution is 0.170. The van der Waals surface area contributed by atoms with Crippen LogP contribution in [0.15, 0.2) is 42.5 Å². The van der Waals surface area contributed by atoms with Gasteiger partial charge in [-0.25, -0.2) is 4.79 Å². The molecule has 0 N–H and O–H groups in total. The van der Waals surface area contributed by atoms with Crippen LogP contribution in [-0.2, 0) is 4.74 Å². The van der Waals surface area contributed by atoms with E-state index in [1.54, 1.807) is 0 Å². The molecule has 2 aromatic carbocycles. The molecule has 1 atom stereocenters.